The highest BCUT2D eigenvalue weighted by atomic mass is 35.5. The second kappa shape index (κ2) is 8.15. The van der Waals surface area contributed by atoms with E-state index in [4.69, 9.17) is 21.6 Å². The summed E-state index contributed by atoms with van der Waals surface area (Å²) in [6, 6.07) is 7.18. The minimum atomic E-state index is -1.14. The van der Waals surface area contributed by atoms with Gasteiger partial charge in [0, 0.05) is 23.6 Å². The lowest BCUT2D eigenvalue weighted by Gasteiger charge is -2.20. The molecule has 3 heterocycles. The van der Waals surface area contributed by atoms with Gasteiger partial charge in [-0.25, -0.2) is 19.7 Å². The molecular formula is C23H24ClN5O2. The van der Waals surface area contributed by atoms with Gasteiger partial charge in [-0.15, -0.1) is 0 Å². The van der Waals surface area contributed by atoms with Gasteiger partial charge in [0.05, 0.1) is 22.9 Å². The van der Waals surface area contributed by atoms with Crippen LogP contribution in [0.25, 0.3) is 16.6 Å². The average Bonchev–Trinajstić information content (AvgIpc) is 3.18. The number of benzene rings is 1. The molecule has 0 radical (unpaired) electrons. The van der Waals surface area contributed by atoms with Gasteiger partial charge >= 0.3 is 5.97 Å². The lowest BCUT2D eigenvalue weighted by Crippen LogP contribution is -2.13. The molecule has 4 rings (SSSR count). The zero-order chi connectivity index (χ0) is 22.3. The van der Waals surface area contributed by atoms with E-state index < -0.39 is 5.97 Å². The molecule has 0 unspecified atom stereocenters. The van der Waals surface area contributed by atoms with Crippen LogP contribution in [-0.2, 0) is 12.8 Å². The van der Waals surface area contributed by atoms with Crippen molar-refractivity contribution in [1.82, 2.24) is 19.4 Å². The fraction of sp³-hybridized carbons (Fsp3) is 0.304. The molecule has 4 aromatic rings. The van der Waals surface area contributed by atoms with Gasteiger partial charge in [-0.05, 0) is 44.0 Å². The first kappa shape index (κ1) is 21.1. The number of aromatic carboxylic acids is 1. The molecule has 31 heavy (non-hydrogen) atoms. The van der Waals surface area contributed by atoms with Crippen LogP contribution in [0.4, 0.5) is 5.69 Å². The van der Waals surface area contributed by atoms with E-state index in [1.165, 1.54) is 0 Å². The maximum absolute atomic E-state index is 11.6. The summed E-state index contributed by atoms with van der Waals surface area (Å²) in [5, 5.41) is 13.9. The number of rotatable bonds is 6. The number of imidazole rings is 1. The van der Waals surface area contributed by atoms with Crippen molar-refractivity contribution in [2.45, 2.75) is 46.6 Å². The van der Waals surface area contributed by atoms with Crippen molar-refractivity contribution < 1.29 is 9.90 Å². The molecule has 1 aromatic carbocycles. The standard InChI is InChI=1S/C23H24ClN5O2/c1-5-14-11-29-19(6-2)28-20-15(9-12(3)10-16(20)22(29)26-14)13(4)25-17-7-8-18(24)27-21(17)23(30)31/h7-11,13,25H,5-6H2,1-4H3,(H,30,31)/t13-/m1/s1. The first-order chi connectivity index (χ1) is 14.8. The number of carbonyl (C=O) groups is 1. The number of aromatic nitrogens is 4. The second-order valence-corrected chi connectivity index (χ2v) is 8.00. The Bertz CT molecular complexity index is 1310. The van der Waals surface area contributed by atoms with Crippen LogP contribution in [0.5, 0.6) is 0 Å². The van der Waals surface area contributed by atoms with Gasteiger partial charge in [-0.2, -0.15) is 0 Å². The monoisotopic (exact) mass is 437 g/mol. The quantitative estimate of drug-likeness (QED) is 0.401. The number of halogens is 1. The van der Waals surface area contributed by atoms with Gasteiger partial charge < -0.3 is 10.4 Å². The fourth-order valence-electron chi connectivity index (χ4n) is 3.88. The minimum Gasteiger partial charge on any atom is -0.476 e. The highest BCUT2D eigenvalue weighted by Gasteiger charge is 2.20. The number of fused-ring (bicyclic) bond motifs is 3. The van der Waals surface area contributed by atoms with E-state index >= 15 is 0 Å². The Kier molecular flexibility index (Phi) is 5.54. The van der Waals surface area contributed by atoms with Gasteiger partial charge in [0.1, 0.15) is 16.6 Å². The molecule has 8 heteroatoms. The Morgan fingerprint density at radius 3 is 2.65 bits per heavy atom. The summed E-state index contributed by atoms with van der Waals surface area (Å²) in [4.78, 5) is 25.4. The predicted molar refractivity (Wildman–Crippen MR) is 122 cm³/mol. The SMILES string of the molecule is CCc1cn2c(CC)nc3c([C@@H](C)Nc4ccc(Cl)nc4C(=O)O)cc(C)cc3c2n1. The smallest absolute Gasteiger partial charge is 0.356 e. The molecular weight excluding hydrogens is 414 g/mol. The summed E-state index contributed by atoms with van der Waals surface area (Å²) < 4.78 is 2.08. The molecule has 0 fully saturated rings. The summed E-state index contributed by atoms with van der Waals surface area (Å²) in [6.45, 7) is 8.18. The molecule has 160 valence electrons. The third-order valence-corrected chi connectivity index (χ3v) is 5.59. The fourth-order valence-corrected chi connectivity index (χ4v) is 4.02. The van der Waals surface area contributed by atoms with Crippen LogP contribution in [0.15, 0.2) is 30.5 Å². The van der Waals surface area contributed by atoms with Crippen LogP contribution < -0.4 is 5.32 Å². The van der Waals surface area contributed by atoms with Gasteiger partial charge in [0.2, 0.25) is 0 Å². The highest BCUT2D eigenvalue weighted by molar-refractivity contribution is 6.29. The van der Waals surface area contributed by atoms with Crippen LogP contribution in [0.1, 0.15) is 59.9 Å². The van der Waals surface area contributed by atoms with E-state index in [2.05, 4.69) is 46.9 Å². The van der Waals surface area contributed by atoms with Crippen LogP contribution in [0.2, 0.25) is 5.15 Å². The third kappa shape index (κ3) is 3.81. The van der Waals surface area contributed by atoms with Crippen molar-refractivity contribution in [2.75, 3.05) is 5.32 Å². The largest absolute Gasteiger partial charge is 0.476 e. The molecule has 0 saturated carbocycles. The molecule has 0 spiro atoms. The van der Waals surface area contributed by atoms with Gasteiger partial charge in [0.15, 0.2) is 5.69 Å². The van der Waals surface area contributed by atoms with Crippen molar-refractivity contribution in [3.8, 4) is 0 Å². The van der Waals surface area contributed by atoms with E-state index in [9.17, 15) is 9.90 Å². The number of carboxylic acid groups (broad SMARTS) is 1. The number of carboxylic acids is 1. The van der Waals surface area contributed by atoms with Gasteiger partial charge in [-0.1, -0.05) is 31.5 Å². The topological polar surface area (TPSA) is 92.4 Å². The Morgan fingerprint density at radius 2 is 1.97 bits per heavy atom. The first-order valence-electron chi connectivity index (χ1n) is 10.3. The van der Waals surface area contributed by atoms with Crippen molar-refractivity contribution >= 4 is 39.8 Å². The van der Waals surface area contributed by atoms with Crippen molar-refractivity contribution in [3.63, 3.8) is 0 Å². The lowest BCUT2D eigenvalue weighted by molar-refractivity contribution is 0.0691. The van der Waals surface area contributed by atoms with Gasteiger partial charge in [0.25, 0.3) is 0 Å². The average molecular weight is 438 g/mol. The molecule has 3 aromatic heterocycles. The van der Waals surface area contributed by atoms with Crippen molar-refractivity contribution in [1.29, 1.82) is 0 Å². The normalized spacial score (nSPS) is 12.4. The van der Waals surface area contributed by atoms with E-state index in [0.717, 1.165) is 52.0 Å². The van der Waals surface area contributed by atoms with Crippen LogP contribution >= 0.6 is 11.6 Å². The van der Waals surface area contributed by atoms with E-state index in [-0.39, 0.29) is 16.9 Å². The van der Waals surface area contributed by atoms with Crippen molar-refractivity contribution in [2.24, 2.45) is 0 Å². The van der Waals surface area contributed by atoms with Crippen LogP contribution in [0.3, 0.4) is 0 Å². The summed E-state index contributed by atoms with van der Waals surface area (Å²) in [5.41, 5.74) is 5.14. The number of aryl methyl sites for hydroxylation is 3. The maximum atomic E-state index is 11.6. The number of pyridine rings is 1. The number of anilines is 1. The van der Waals surface area contributed by atoms with E-state index in [1.54, 1.807) is 12.1 Å². The summed E-state index contributed by atoms with van der Waals surface area (Å²) in [5.74, 6) is -0.199. The minimum absolute atomic E-state index is 0.109. The highest BCUT2D eigenvalue weighted by Crippen LogP contribution is 2.31. The first-order valence-corrected chi connectivity index (χ1v) is 10.7. The lowest BCUT2D eigenvalue weighted by atomic mass is 10.0. The molecule has 0 aliphatic heterocycles. The molecule has 2 N–H and O–H groups in total. The maximum Gasteiger partial charge on any atom is 0.356 e. The molecule has 0 bridgehead atoms. The Labute approximate surface area is 185 Å². The third-order valence-electron chi connectivity index (χ3n) is 5.38. The number of nitrogens with one attached hydrogen (secondary N) is 1. The molecule has 0 aliphatic rings. The number of hydrogen-bond donors (Lipinski definition) is 2. The van der Waals surface area contributed by atoms with E-state index in [1.807, 2.05) is 13.8 Å². The molecule has 0 amide bonds. The van der Waals surface area contributed by atoms with Crippen LogP contribution in [-0.4, -0.2) is 30.4 Å². The van der Waals surface area contributed by atoms with Crippen LogP contribution in [0, 0.1) is 6.92 Å². The van der Waals surface area contributed by atoms with E-state index in [0.29, 0.717) is 5.69 Å². The number of nitrogens with zero attached hydrogens (tertiary/aromatic N) is 4. The molecule has 7 nitrogen and oxygen atoms in total. The summed E-state index contributed by atoms with van der Waals surface area (Å²) >= 11 is 5.89. The zero-order valence-electron chi connectivity index (χ0n) is 17.9. The summed E-state index contributed by atoms with van der Waals surface area (Å²) in [6.07, 6.45) is 3.68. The molecule has 0 aliphatic carbocycles. The Balaban J connectivity index is 1.89. The van der Waals surface area contributed by atoms with Crippen molar-refractivity contribution in [3.05, 3.63) is 64.0 Å². The number of hydrogen-bond acceptors (Lipinski definition) is 5. The predicted octanol–water partition coefficient (Wildman–Crippen LogP) is 5.24. The van der Waals surface area contributed by atoms with Gasteiger partial charge in [-0.3, -0.25) is 4.40 Å². The molecule has 0 saturated heterocycles. The second-order valence-electron chi connectivity index (χ2n) is 7.61. The Hall–Kier alpha value is -3.19. The zero-order valence-corrected chi connectivity index (χ0v) is 18.7. The Morgan fingerprint density at radius 1 is 1.19 bits per heavy atom. The molecule has 1 atom stereocenters. The summed E-state index contributed by atoms with van der Waals surface area (Å²) in [7, 11) is 0.